The first-order valence-electron chi connectivity index (χ1n) is 8.50. The normalized spacial score (nSPS) is 11.3. The number of para-hydroxylation sites is 2. The van der Waals surface area contributed by atoms with E-state index in [2.05, 4.69) is 28.7 Å². The number of imidazole rings is 1. The summed E-state index contributed by atoms with van der Waals surface area (Å²) in [6, 6.07) is 25.9. The highest BCUT2D eigenvalue weighted by Gasteiger charge is 2.14. The molecule has 0 spiro atoms. The molecular formula is C22H13Cl2N3. The van der Waals surface area contributed by atoms with Crippen molar-refractivity contribution in [2.45, 2.75) is 0 Å². The molecule has 2 heterocycles. The second-order valence-corrected chi connectivity index (χ2v) is 7.07. The van der Waals surface area contributed by atoms with Crippen molar-refractivity contribution in [1.82, 2.24) is 14.4 Å². The van der Waals surface area contributed by atoms with E-state index in [0.29, 0.717) is 15.8 Å². The summed E-state index contributed by atoms with van der Waals surface area (Å²) in [6.45, 7) is 0. The molecule has 0 unspecified atom stereocenters. The zero-order chi connectivity index (χ0) is 18.4. The van der Waals surface area contributed by atoms with Crippen LogP contribution in [-0.4, -0.2) is 14.4 Å². The molecule has 0 aliphatic carbocycles. The van der Waals surface area contributed by atoms with Gasteiger partial charge in [-0.1, -0.05) is 71.7 Å². The van der Waals surface area contributed by atoms with Crippen molar-refractivity contribution >= 4 is 40.0 Å². The van der Waals surface area contributed by atoms with Crippen LogP contribution < -0.4 is 0 Å². The summed E-state index contributed by atoms with van der Waals surface area (Å²) >= 11 is 12.3. The number of hydrogen-bond donors (Lipinski definition) is 0. The number of halogens is 2. The summed E-state index contributed by atoms with van der Waals surface area (Å²) in [5.41, 5.74) is 5.75. The predicted octanol–water partition coefficient (Wildman–Crippen LogP) is 6.52. The summed E-state index contributed by atoms with van der Waals surface area (Å²) in [7, 11) is 0. The molecule has 0 aliphatic heterocycles. The van der Waals surface area contributed by atoms with Gasteiger partial charge in [-0.3, -0.25) is 4.40 Å². The van der Waals surface area contributed by atoms with Crippen molar-refractivity contribution in [1.29, 1.82) is 0 Å². The smallest absolute Gasteiger partial charge is 0.235 e. The van der Waals surface area contributed by atoms with Crippen LogP contribution in [0.4, 0.5) is 0 Å². The van der Waals surface area contributed by atoms with Gasteiger partial charge in [0, 0.05) is 5.56 Å². The van der Waals surface area contributed by atoms with Gasteiger partial charge >= 0.3 is 0 Å². The molecule has 5 aromatic rings. The lowest BCUT2D eigenvalue weighted by Gasteiger charge is -2.10. The van der Waals surface area contributed by atoms with Gasteiger partial charge in [0.2, 0.25) is 5.78 Å². The summed E-state index contributed by atoms with van der Waals surface area (Å²) in [5.74, 6) is 0.652. The van der Waals surface area contributed by atoms with E-state index in [9.17, 15) is 0 Å². The highest BCUT2D eigenvalue weighted by Crippen LogP contribution is 2.32. The topological polar surface area (TPSA) is 30.2 Å². The molecule has 130 valence electrons. The van der Waals surface area contributed by atoms with Gasteiger partial charge in [0.15, 0.2) is 0 Å². The first kappa shape index (κ1) is 16.3. The van der Waals surface area contributed by atoms with Crippen LogP contribution in [-0.2, 0) is 0 Å². The lowest BCUT2D eigenvalue weighted by molar-refractivity contribution is 1.14. The maximum atomic E-state index is 6.22. The molecule has 0 fully saturated rings. The molecule has 27 heavy (non-hydrogen) atoms. The Morgan fingerprint density at radius 3 is 2.26 bits per heavy atom. The first-order valence-corrected chi connectivity index (χ1v) is 9.25. The fraction of sp³-hybridized carbons (Fsp3) is 0. The highest BCUT2D eigenvalue weighted by molar-refractivity contribution is 6.42. The summed E-state index contributed by atoms with van der Waals surface area (Å²) in [6.07, 6.45) is 0. The molecule has 0 atom stereocenters. The maximum Gasteiger partial charge on any atom is 0.235 e. The number of benzene rings is 3. The standard InChI is InChI=1S/C22H13Cl2N3/c23-16-11-10-15(12-17(16)24)19-13-21(14-6-2-1-3-7-14)27-20-9-5-4-8-18(20)25-22(27)26-19/h1-13H. The van der Waals surface area contributed by atoms with Crippen LogP contribution in [0, 0.1) is 0 Å². The van der Waals surface area contributed by atoms with E-state index in [1.807, 2.05) is 48.5 Å². The van der Waals surface area contributed by atoms with Crippen LogP contribution in [0.1, 0.15) is 0 Å². The van der Waals surface area contributed by atoms with Crippen molar-refractivity contribution in [2.75, 3.05) is 0 Å². The Bertz CT molecular complexity index is 1290. The fourth-order valence-electron chi connectivity index (χ4n) is 3.28. The van der Waals surface area contributed by atoms with Gasteiger partial charge in [-0.05, 0) is 35.9 Å². The average Bonchev–Trinajstić information content (AvgIpc) is 3.08. The van der Waals surface area contributed by atoms with E-state index >= 15 is 0 Å². The Morgan fingerprint density at radius 2 is 1.44 bits per heavy atom. The van der Waals surface area contributed by atoms with Gasteiger partial charge in [0.25, 0.3) is 0 Å². The van der Waals surface area contributed by atoms with Gasteiger partial charge in [-0.25, -0.2) is 9.97 Å². The maximum absolute atomic E-state index is 6.22. The highest BCUT2D eigenvalue weighted by atomic mass is 35.5. The Kier molecular flexibility index (Phi) is 3.85. The van der Waals surface area contributed by atoms with Crippen LogP contribution in [0.25, 0.3) is 39.3 Å². The Hall–Kier alpha value is -2.88. The molecule has 0 amide bonds. The van der Waals surface area contributed by atoms with Crippen LogP contribution in [0.5, 0.6) is 0 Å². The Morgan fingerprint density at radius 1 is 0.667 bits per heavy atom. The summed E-state index contributed by atoms with van der Waals surface area (Å²) in [4.78, 5) is 9.51. The minimum Gasteiger partial charge on any atom is -0.276 e. The second kappa shape index (κ2) is 6.38. The number of rotatable bonds is 2. The third kappa shape index (κ3) is 2.76. The SMILES string of the molecule is Clc1ccc(-c2cc(-c3ccccc3)n3c(n2)nc2ccccc23)cc1Cl. The quantitative estimate of drug-likeness (QED) is 0.343. The molecule has 0 N–H and O–H groups in total. The van der Waals surface area contributed by atoms with Gasteiger partial charge in [-0.2, -0.15) is 0 Å². The van der Waals surface area contributed by atoms with E-state index in [0.717, 1.165) is 33.5 Å². The van der Waals surface area contributed by atoms with Crippen molar-refractivity contribution in [2.24, 2.45) is 0 Å². The van der Waals surface area contributed by atoms with E-state index < -0.39 is 0 Å². The zero-order valence-electron chi connectivity index (χ0n) is 14.1. The molecular weight excluding hydrogens is 377 g/mol. The van der Waals surface area contributed by atoms with Gasteiger partial charge < -0.3 is 0 Å². The number of nitrogens with zero attached hydrogens (tertiary/aromatic N) is 3. The largest absolute Gasteiger partial charge is 0.276 e. The Balaban J connectivity index is 1.86. The second-order valence-electron chi connectivity index (χ2n) is 6.26. The summed E-state index contributed by atoms with van der Waals surface area (Å²) in [5, 5.41) is 1.03. The molecule has 0 radical (unpaired) electrons. The van der Waals surface area contributed by atoms with Crippen molar-refractivity contribution < 1.29 is 0 Å². The third-order valence-electron chi connectivity index (χ3n) is 4.56. The third-order valence-corrected chi connectivity index (χ3v) is 5.30. The van der Waals surface area contributed by atoms with Crippen molar-refractivity contribution in [3.05, 3.63) is 88.9 Å². The van der Waals surface area contributed by atoms with E-state index in [-0.39, 0.29) is 0 Å². The molecule has 0 saturated heterocycles. The fourth-order valence-corrected chi connectivity index (χ4v) is 3.58. The van der Waals surface area contributed by atoms with Crippen LogP contribution in [0.3, 0.4) is 0 Å². The minimum atomic E-state index is 0.505. The predicted molar refractivity (Wildman–Crippen MR) is 111 cm³/mol. The van der Waals surface area contributed by atoms with E-state index in [1.54, 1.807) is 6.07 Å². The van der Waals surface area contributed by atoms with Crippen LogP contribution in [0.2, 0.25) is 10.0 Å². The molecule has 0 aliphatic rings. The van der Waals surface area contributed by atoms with E-state index in [4.69, 9.17) is 33.2 Å². The minimum absolute atomic E-state index is 0.505. The molecule has 5 rings (SSSR count). The Labute approximate surface area is 165 Å². The van der Waals surface area contributed by atoms with Crippen LogP contribution >= 0.6 is 23.2 Å². The number of hydrogen-bond acceptors (Lipinski definition) is 2. The zero-order valence-corrected chi connectivity index (χ0v) is 15.6. The first-order chi connectivity index (χ1) is 13.2. The monoisotopic (exact) mass is 389 g/mol. The molecule has 3 aromatic carbocycles. The average molecular weight is 390 g/mol. The van der Waals surface area contributed by atoms with Gasteiger partial charge in [0.05, 0.1) is 32.5 Å². The van der Waals surface area contributed by atoms with Gasteiger partial charge in [-0.15, -0.1) is 0 Å². The number of aromatic nitrogens is 3. The van der Waals surface area contributed by atoms with E-state index in [1.165, 1.54) is 0 Å². The van der Waals surface area contributed by atoms with Crippen molar-refractivity contribution in [3.63, 3.8) is 0 Å². The molecule has 5 heteroatoms. The van der Waals surface area contributed by atoms with Crippen molar-refractivity contribution in [3.8, 4) is 22.5 Å². The lowest BCUT2D eigenvalue weighted by Crippen LogP contribution is -1.97. The molecule has 3 nitrogen and oxygen atoms in total. The molecule has 0 bridgehead atoms. The van der Waals surface area contributed by atoms with Gasteiger partial charge in [0.1, 0.15) is 0 Å². The number of fused-ring (bicyclic) bond motifs is 3. The van der Waals surface area contributed by atoms with Crippen LogP contribution in [0.15, 0.2) is 78.9 Å². The lowest BCUT2D eigenvalue weighted by atomic mass is 10.1. The summed E-state index contributed by atoms with van der Waals surface area (Å²) < 4.78 is 2.09. The molecule has 2 aromatic heterocycles. The molecule has 0 saturated carbocycles.